The summed E-state index contributed by atoms with van der Waals surface area (Å²) < 4.78 is 0. The Labute approximate surface area is 202 Å². The SMILES string of the molecule is CCCCCCCCCCCCCCN(CCCCCCCCCCCCCC)C(N)=O. The molecule has 0 unspecified atom stereocenters. The first-order chi connectivity index (χ1) is 15.7. The van der Waals surface area contributed by atoms with Crippen LogP contribution in [0.4, 0.5) is 4.79 Å². The summed E-state index contributed by atoms with van der Waals surface area (Å²) in [4.78, 5) is 13.6. The van der Waals surface area contributed by atoms with Crippen LogP contribution >= 0.6 is 0 Å². The van der Waals surface area contributed by atoms with Gasteiger partial charge in [-0.3, -0.25) is 0 Å². The molecule has 192 valence electrons. The third-order valence-corrected chi connectivity index (χ3v) is 6.87. The van der Waals surface area contributed by atoms with Gasteiger partial charge in [0.2, 0.25) is 0 Å². The number of rotatable bonds is 26. The van der Waals surface area contributed by atoms with Gasteiger partial charge in [-0.1, -0.05) is 155 Å². The number of carbonyl (C=O) groups excluding carboxylic acids is 1. The molecule has 0 aromatic rings. The highest BCUT2D eigenvalue weighted by molar-refractivity contribution is 5.71. The van der Waals surface area contributed by atoms with E-state index in [9.17, 15) is 4.79 Å². The van der Waals surface area contributed by atoms with E-state index < -0.39 is 0 Å². The van der Waals surface area contributed by atoms with Crippen LogP contribution in [-0.2, 0) is 0 Å². The van der Waals surface area contributed by atoms with Crippen LogP contribution in [0.5, 0.6) is 0 Å². The van der Waals surface area contributed by atoms with Crippen molar-refractivity contribution >= 4 is 6.03 Å². The number of primary amides is 1. The zero-order valence-electron chi connectivity index (χ0n) is 22.3. The van der Waals surface area contributed by atoms with Gasteiger partial charge in [-0.15, -0.1) is 0 Å². The Morgan fingerprint density at radius 2 is 0.656 bits per heavy atom. The minimum Gasteiger partial charge on any atom is -0.351 e. The van der Waals surface area contributed by atoms with Gasteiger partial charge in [0.25, 0.3) is 0 Å². The van der Waals surface area contributed by atoms with Crippen LogP contribution in [0.3, 0.4) is 0 Å². The molecule has 0 aliphatic rings. The molecule has 0 atom stereocenters. The lowest BCUT2D eigenvalue weighted by Gasteiger charge is -2.20. The fraction of sp³-hybridized carbons (Fsp3) is 0.966. The van der Waals surface area contributed by atoms with Crippen molar-refractivity contribution in [2.24, 2.45) is 5.73 Å². The second-order valence-electron chi connectivity index (χ2n) is 10.1. The van der Waals surface area contributed by atoms with Crippen molar-refractivity contribution < 1.29 is 4.79 Å². The summed E-state index contributed by atoms with van der Waals surface area (Å²) in [7, 11) is 0. The molecule has 2 N–H and O–H groups in total. The summed E-state index contributed by atoms with van der Waals surface area (Å²) in [5, 5.41) is 0. The van der Waals surface area contributed by atoms with Crippen LogP contribution in [0.1, 0.15) is 168 Å². The normalized spacial score (nSPS) is 11.2. The van der Waals surface area contributed by atoms with Crippen LogP contribution in [0, 0.1) is 0 Å². The number of urea groups is 1. The van der Waals surface area contributed by atoms with E-state index in [1.165, 1.54) is 141 Å². The molecule has 0 bridgehead atoms. The molecule has 0 aromatic carbocycles. The second kappa shape index (κ2) is 26.5. The van der Waals surface area contributed by atoms with Crippen LogP contribution in [-0.4, -0.2) is 24.0 Å². The van der Waals surface area contributed by atoms with Gasteiger partial charge in [0.05, 0.1) is 0 Å². The van der Waals surface area contributed by atoms with E-state index in [2.05, 4.69) is 13.8 Å². The summed E-state index contributed by atoms with van der Waals surface area (Å²) in [6.45, 7) is 6.26. The molecule has 0 aliphatic heterocycles. The molecule has 3 heteroatoms. The Morgan fingerprint density at radius 1 is 0.438 bits per heavy atom. The fourth-order valence-electron chi connectivity index (χ4n) is 4.62. The number of hydrogen-bond donors (Lipinski definition) is 1. The van der Waals surface area contributed by atoms with Crippen molar-refractivity contribution in [2.75, 3.05) is 13.1 Å². The first kappa shape index (κ1) is 31.3. The molecule has 3 nitrogen and oxygen atoms in total. The quantitative estimate of drug-likeness (QED) is 0.130. The van der Waals surface area contributed by atoms with E-state index in [1.807, 2.05) is 4.90 Å². The minimum absolute atomic E-state index is 0.226. The van der Waals surface area contributed by atoms with Gasteiger partial charge in [0.15, 0.2) is 0 Å². The summed E-state index contributed by atoms with van der Waals surface area (Å²) in [6.07, 6.45) is 32.4. The van der Waals surface area contributed by atoms with Gasteiger partial charge in [0, 0.05) is 13.1 Å². The molecule has 2 amide bonds. The average molecular weight is 453 g/mol. The summed E-state index contributed by atoms with van der Waals surface area (Å²) in [5.41, 5.74) is 5.60. The van der Waals surface area contributed by atoms with Crippen molar-refractivity contribution in [3.63, 3.8) is 0 Å². The monoisotopic (exact) mass is 452 g/mol. The van der Waals surface area contributed by atoms with E-state index >= 15 is 0 Å². The molecule has 0 rings (SSSR count). The van der Waals surface area contributed by atoms with Crippen LogP contribution in [0.2, 0.25) is 0 Å². The molecule has 0 saturated heterocycles. The molecule has 32 heavy (non-hydrogen) atoms. The zero-order valence-corrected chi connectivity index (χ0v) is 22.3. The Bertz CT molecular complexity index is 344. The lowest BCUT2D eigenvalue weighted by Crippen LogP contribution is -2.37. The molecule has 0 radical (unpaired) electrons. The standard InChI is InChI=1S/C29H60N2O/c1-3-5-7-9-11-13-15-17-19-21-23-25-27-31(29(30)32)28-26-24-22-20-18-16-14-12-10-8-6-4-2/h3-28H2,1-2H3,(H2,30,32). The molecule has 0 aromatic heterocycles. The topological polar surface area (TPSA) is 46.3 Å². The molecule has 0 saturated carbocycles. The van der Waals surface area contributed by atoms with E-state index in [0.717, 1.165) is 25.9 Å². The van der Waals surface area contributed by atoms with Gasteiger partial charge < -0.3 is 10.6 Å². The van der Waals surface area contributed by atoms with Gasteiger partial charge in [-0.05, 0) is 12.8 Å². The highest BCUT2D eigenvalue weighted by Gasteiger charge is 2.08. The summed E-state index contributed by atoms with van der Waals surface area (Å²) >= 11 is 0. The van der Waals surface area contributed by atoms with E-state index in [-0.39, 0.29) is 6.03 Å². The largest absolute Gasteiger partial charge is 0.351 e. The number of nitrogens with zero attached hydrogens (tertiary/aromatic N) is 1. The number of hydrogen-bond acceptors (Lipinski definition) is 1. The minimum atomic E-state index is -0.226. The zero-order chi connectivity index (χ0) is 23.5. The van der Waals surface area contributed by atoms with Crippen LogP contribution < -0.4 is 5.73 Å². The maximum atomic E-state index is 11.7. The van der Waals surface area contributed by atoms with Crippen molar-refractivity contribution in [3.8, 4) is 0 Å². The third-order valence-electron chi connectivity index (χ3n) is 6.87. The lowest BCUT2D eigenvalue weighted by molar-refractivity contribution is 0.204. The Kier molecular flexibility index (Phi) is 25.9. The summed E-state index contributed by atoms with van der Waals surface area (Å²) in [5.74, 6) is 0. The van der Waals surface area contributed by atoms with Crippen LogP contribution in [0.25, 0.3) is 0 Å². The van der Waals surface area contributed by atoms with Gasteiger partial charge in [-0.2, -0.15) is 0 Å². The predicted molar refractivity (Wildman–Crippen MR) is 143 cm³/mol. The highest BCUT2D eigenvalue weighted by Crippen LogP contribution is 2.14. The second-order valence-corrected chi connectivity index (χ2v) is 10.1. The van der Waals surface area contributed by atoms with Crippen molar-refractivity contribution in [1.82, 2.24) is 4.90 Å². The molecular formula is C29H60N2O. The van der Waals surface area contributed by atoms with Crippen molar-refractivity contribution in [1.29, 1.82) is 0 Å². The number of unbranched alkanes of at least 4 members (excludes halogenated alkanes) is 22. The van der Waals surface area contributed by atoms with Crippen LogP contribution in [0.15, 0.2) is 0 Å². The number of nitrogens with two attached hydrogens (primary N) is 1. The van der Waals surface area contributed by atoms with Gasteiger partial charge >= 0.3 is 6.03 Å². The summed E-state index contributed by atoms with van der Waals surface area (Å²) in [6, 6.07) is -0.226. The molecule has 0 spiro atoms. The van der Waals surface area contributed by atoms with Crippen molar-refractivity contribution in [2.45, 2.75) is 168 Å². The van der Waals surface area contributed by atoms with E-state index in [4.69, 9.17) is 5.73 Å². The Balaban J connectivity index is 3.42. The fourth-order valence-corrected chi connectivity index (χ4v) is 4.62. The van der Waals surface area contributed by atoms with E-state index in [0.29, 0.717) is 0 Å². The smallest absolute Gasteiger partial charge is 0.314 e. The van der Waals surface area contributed by atoms with Gasteiger partial charge in [0.1, 0.15) is 0 Å². The first-order valence-electron chi connectivity index (χ1n) is 14.8. The molecular weight excluding hydrogens is 392 g/mol. The van der Waals surface area contributed by atoms with E-state index in [1.54, 1.807) is 0 Å². The molecule has 0 aliphatic carbocycles. The maximum absolute atomic E-state index is 11.7. The predicted octanol–water partition coefficient (Wildman–Crippen LogP) is 9.77. The molecule has 0 heterocycles. The first-order valence-corrected chi connectivity index (χ1v) is 14.8. The third kappa shape index (κ3) is 23.9. The highest BCUT2D eigenvalue weighted by atomic mass is 16.2. The lowest BCUT2D eigenvalue weighted by atomic mass is 10.0. The Morgan fingerprint density at radius 3 is 0.875 bits per heavy atom. The average Bonchev–Trinajstić information content (AvgIpc) is 2.78. The van der Waals surface area contributed by atoms with Gasteiger partial charge in [-0.25, -0.2) is 4.79 Å². The Hall–Kier alpha value is -0.730. The number of amides is 2. The maximum Gasteiger partial charge on any atom is 0.314 e. The number of carbonyl (C=O) groups is 1. The van der Waals surface area contributed by atoms with Crippen molar-refractivity contribution in [3.05, 3.63) is 0 Å². The molecule has 0 fully saturated rings.